The zero-order valence-corrected chi connectivity index (χ0v) is 15.7. The van der Waals surface area contributed by atoms with E-state index < -0.39 is 0 Å². The first-order chi connectivity index (χ1) is 12.1. The van der Waals surface area contributed by atoms with Crippen molar-refractivity contribution in [2.45, 2.75) is 33.7 Å². The van der Waals surface area contributed by atoms with E-state index in [-0.39, 0.29) is 17.5 Å². The van der Waals surface area contributed by atoms with Crippen LogP contribution in [0.4, 0.5) is 0 Å². The van der Waals surface area contributed by atoms with Gasteiger partial charge in [-0.15, -0.1) is 0 Å². The lowest BCUT2D eigenvalue weighted by Gasteiger charge is -2.28. The lowest BCUT2D eigenvalue weighted by molar-refractivity contribution is 0.302. The van der Waals surface area contributed by atoms with E-state index in [4.69, 9.17) is 5.73 Å². The molecule has 25 heavy (non-hydrogen) atoms. The molecule has 0 amide bonds. The van der Waals surface area contributed by atoms with Crippen molar-refractivity contribution in [2.24, 2.45) is 5.73 Å². The largest absolute Gasteiger partial charge is 0.508 e. The van der Waals surface area contributed by atoms with Gasteiger partial charge < -0.3 is 15.9 Å². The summed E-state index contributed by atoms with van der Waals surface area (Å²) in [6, 6.07) is 6.42. The number of aromatic hydroxyl groups is 2. The van der Waals surface area contributed by atoms with Crippen LogP contribution >= 0.6 is 0 Å². The molecule has 0 fully saturated rings. The number of hydrogen-bond donors (Lipinski definition) is 3. The summed E-state index contributed by atoms with van der Waals surface area (Å²) in [5.41, 5.74) is 9.38. The van der Waals surface area contributed by atoms with Gasteiger partial charge in [0.2, 0.25) is 0 Å². The zero-order chi connectivity index (χ0) is 19.0. The number of phenolic OH excluding ortho intramolecular Hbond substituents is 2. The van der Waals surface area contributed by atoms with E-state index in [2.05, 4.69) is 9.88 Å². The smallest absolute Gasteiger partial charge is 0.124 e. The normalized spacial score (nSPS) is 16.2. The first-order valence-corrected chi connectivity index (χ1v) is 8.70. The van der Waals surface area contributed by atoms with Crippen molar-refractivity contribution in [1.82, 2.24) is 9.88 Å². The van der Waals surface area contributed by atoms with Crippen molar-refractivity contribution >= 4 is 5.70 Å². The third kappa shape index (κ3) is 4.51. The number of phenols is 2. The minimum absolute atomic E-state index is 0.0418. The molecule has 136 valence electrons. The molecule has 1 aromatic heterocycles. The Morgan fingerprint density at radius 1 is 1.08 bits per heavy atom. The standard InChI is InChI=1S/C16H17N3O2.2C2H6/c1-19-7-5-14(17)13-9-18-6-4-11(13)16(19)12-3-2-10(20)8-15(12)21;2*1-2/h2-6,8-9,16,20-21H,7,17H2,1H3;2*1-2H3. The fourth-order valence-corrected chi connectivity index (χ4v) is 2.75. The van der Waals surface area contributed by atoms with Crippen LogP contribution in [0.2, 0.25) is 0 Å². The SMILES string of the molecule is CC.CC.CN1CC=C(N)c2cnccc2C1c1ccc(O)cc1O. The van der Waals surface area contributed by atoms with Gasteiger partial charge in [-0.1, -0.05) is 27.7 Å². The summed E-state index contributed by atoms with van der Waals surface area (Å²) < 4.78 is 0. The molecule has 1 aromatic carbocycles. The number of likely N-dealkylation sites (N-methyl/N-ethyl adjacent to an activating group) is 1. The number of pyridine rings is 1. The molecule has 0 bridgehead atoms. The van der Waals surface area contributed by atoms with E-state index in [1.165, 1.54) is 6.07 Å². The number of hydrogen-bond acceptors (Lipinski definition) is 5. The van der Waals surface area contributed by atoms with E-state index in [1.807, 2.05) is 46.9 Å². The molecule has 1 aliphatic heterocycles. The van der Waals surface area contributed by atoms with Crippen molar-refractivity contribution in [3.63, 3.8) is 0 Å². The molecule has 0 spiro atoms. The average Bonchev–Trinajstić information content (AvgIpc) is 2.77. The number of nitrogens with two attached hydrogens (primary N) is 1. The summed E-state index contributed by atoms with van der Waals surface area (Å²) in [6.07, 6.45) is 5.40. The molecule has 4 N–H and O–H groups in total. The van der Waals surface area contributed by atoms with Gasteiger partial charge in [0.25, 0.3) is 0 Å². The molecule has 2 aromatic rings. The van der Waals surface area contributed by atoms with Crippen LogP contribution in [0, 0.1) is 0 Å². The summed E-state index contributed by atoms with van der Waals surface area (Å²) in [4.78, 5) is 6.23. The van der Waals surface area contributed by atoms with Crippen LogP contribution in [0.25, 0.3) is 5.70 Å². The third-order valence-corrected chi connectivity index (χ3v) is 3.81. The van der Waals surface area contributed by atoms with E-state index in [0.717, 1.165) is 16.7 Å². The average molecular weight is 343 g/mol. The third-order valence-electron chi connectivity index (χ3n) is 3.81. The van der Waals surface area contributed by atoms with E-state index in [0.29, 0.717) is 12.2 Å². The Kier molecular flexibility index (Phi) is 7.95. The molecular formula is C20H29N3O2. The number of rotatable bonds is 1. The van der Waals surface area contributed by atoms with E-state index in [9.17, 15) is 10.2 Å². The van der Waals surface area contributed by atoms with Gasteiger partial charge in [0.05, 0.1) is 6.04 Å². The second-order valence-corrected chi connectivity index (χ2v) is 5.21. The van der Waals surface area contributed by atoms with Gasteiger partial charge in [-0.25, -0.2) is 0 Å². The Hall–Kier alpha value is -2.53. The van der Waals surface area contributed by atoms with Crippen molar-refractivity contribution in [3.05, 3.63) is 59.4 Å². The first-order valence-electron chi connectivity index (χ1n) is 8.70. The number of benzene rings is 1. The fraction of sp³-hybridized carbons (Fsp3) is 0.350. The molecule has 3 rings (SSSR count). The van der Waals surface area contributed by atoms with Crippen molar-refractivity contribution in [1.29, 1.82) is 0 Å². The van der Waals surface area contributed by atoms with Crippen LogP contribution in [0.1, 0.15) is 50.4 Å². The summed E-state index contributed by atoms with van der Waals surface area (Å²) in [7, 11) is 1.97. The Labute approximate surface area is 150 Å². The highest BCUT2D eigenvalue weighted by atomic mass is 16.3. The summed E-state index contributed by atoms with van der Waals surface area (Å²) in [5, 5.41) is 19.7. The van der Waals surface area contributed by atoms with Gasteiger partial charge in [0.1, 0.15) is 11.5 Å². The van der Waals surface area contributed by atoms with Gasteiger partial charge in [0, 0.05) is 41.8 Å². The highest BCUT2D eigenvalue weighted by Gasteiger charge is 2.27. The Bertz CT molecular complexity index is 714. The highest BCUT2D eigenvalue weighted by Crippen LogP contribution is 2.38. The van der Waals surface area contributed by atoms with E-state index >= 15 is 0 Å². The highest BCUT2D eigenvalue weighted by molar-refractivity contribution is 5.67. The Balaban J connectivity index is 0.000000730. The molecule has 1 unspecified atom stereocenters. The van der Waals surface area contributed by atoms with Gasteiger partial charge in [-0.2, -0.15) is 0 Å². The van der Waals surface area contributed by atoms with Gasteiger partial charge in [0.15, 0.2) is 0 Å². The quantitative estimate of drug-likeness (QED) is 0.732. The van der Waals surface area contributed by atoms with Gasteiger partial charge in [-0.3, -0.25) is 9.88 Å². The van der Waals surface area contributed by atoms with E-state index in [1.54, 1.807) is 24.5 Å². The van der Waals surface area contributed by atoms with Crippen molar-refractivity contribution < 1.29 is 10.2 Å². The van der Waals surface area contributed by atoms with Crippen LogP contribution in [0.5, 0.6) is 11.5 Å². The molecule has 0 aliphatic carbocycles. The summed E-state index contributed by atoms with van der Waals surface area (Å²) >= 11 is 0. The number of fused-ring (bicyclic) bond motifs is 1. The summed E-state index contributed by atoms with van der Waals surface area (Å²) in [6.45, 7) is 8.66. The van der Waals surface area contributed by atoms with Crippen LogP contribution in [0.15, 0.2) is 42.7 Å². The van der Waals surface area contributed by atoms with Crippen LogP contribution in [-0.4, -0.2) is 33.7 Å². The number of nitrogens with zero attached hydrogens (tertiary/aromatic N) is 2. The predicted octanol–water partition coefficient (Wildman–Crippen LogP) is 3.88. The maximum Gasteiger partial charge on any atom is 0.124 e. The van der Waals surface area contributed by atoms with Crippen molar-refractivity contribution in [2.75, 3.05) is 13.6 Å². The molecular weight excluding hydrogens is 314 g/mol. The molecule has 2 heterocycles. The fourth-order valence-electron chi connectivity index (χ4n) is 2.75. The predicted molar refractivity (Wildman–Crippen MR) is 103 cm³/mol. The van der Waals surface area contributed by atoms with Crippen LogP contribution in [-0.2, 0) is 0 Å². The topological polar surface area (TPSA) is 82.6 Å². The maximum absolute atomic E-state index is 10.2. The Morgan fingerprint density at radius 3 is 2.40 bits per heavy atom. The molecule has 0 saturated heterocycles. The minimum Gasteiger partial charge on any atom is -0.508 e. The molecule has 1 aliphatic rings. The maximum atomic E-state index is 10.2. The lowest BCUT2D eigenvalue weighted by Crippen LogP contribution is -2.25. The van der Waals surface area contributed by atoms with Gasteiger partial charge in [-0.05, 0) is 36.9 Å². The molecule has 5 nitrogen and oxygen atoms in total. The van der Waals surface area contributed by atoms with Gasteiger partial charge >= 0.3 is 0 Å². The number of aromatic nitrogens is 1. The molecule has 5 heteroatoms. The summed E-state index contributed by atoms with van der Waals surface area (Å²) in [5.74, 6) is 0.107. The molecule has 1 atom stereocenters. The first kappa shape index (κ1) is 20.5. The monoisotopic (exact) mass is 343 g/mol. The van der Waals surface area contributed by atoms with Crippen LogP contribution in [0.3, 0.4) is 0 Å². The Morgan fingerprint density at radius 2 is 1.76 bits per heavy atom. The second kappa shape index (κ2) is 9.69. The zero-order valence-electron chi connectivity index (χ0n) is 15.7. The second-order valence-electron chi connectivity index (χ2n) is 5.21. The van der Waals surface area contributed by atoms with Crippen LogP contribution < -0.4 is 5.73 Å². The van der Waals surface area contributed by atoms with Crippen molar-refractivity contribution in [3.8, 4) is 11.5 Å². The minimum atomic E-state index is -0.152. The molecule has 0 saturated carbocycles. The molecule has 0 radical (unpaired) electrons. The lowest BCUT2D eigenvalue weighted by atomic mass is 9.94.